The van der Waals surface area contributed by atoms with Crippen LogP contribution in [0, 0.1) is 11.3 Å². The van der Waals surface area contributed by atoms with E-state index in [1.54, 1.807) is 23.7 Å². The molecule has 3 rings (SSSR count). The molecule has 0 aliphatic carbocycles. The van der Waals surface area contributed by atoms with Crippen molar-refractivity contribution in [1.29, 1.82) is 5.26 Å². The van der Waals surface area contributed by atoms with Crippen molar-refractivity contribution in [3.8, 4) is 11.8 Å². The van der Waals surface area contributed by atoms with Gasteiger partial charge in [-0.25, -0.2) is 0 Å². The lowest BCUT2D eigenvalue weighted by Crippen LogP contribution is -2.07. The predicted octanol–water partition coefficient (Wildman–Crippen LogP) is 2.85. The largest absolute Gasteiger partial charge is 0.313 e. The van der Waals surface area contributed by atoms with Gasteiger partial charge in [0.15, 0.2) is 0 Å². The normalized spacial score (nSPS) is 10.6. The summed E-state index contributed by atoms with van der Waals surface area (Å²) in [5.41, 5.74) is 1.86. The van der Waals surface area contributed by atoms with Crippen molar-refractivity contribution < 1.29 is 4.79 Å². The molecule has 6 nitrogen and oxygen atoms in total. The fraction of sp³-hybridized carbons (Fsp3) is 0. The number of nitriles is 1. The van der Waals surface area contributed by atoms with Crippen molar-refractivity contribution in [2.75, 3.05) is 5.32 Å². The van der Waals surface area contributed by atoms with Crippen LogP contribution in [0.15, 0.2) is 54.1 Å². The van der Waals surface area contributed by atoms with E-state index in [2.05, 4.69) is 15.5 Å². The van der Waals surface area contributed by atoms with E-state index in [-0.39, 0.29) is 5.91 Å². The van der Waals surface area contributed by atoms with Gasteiger partial charge in [-0.3, -0.25) is 4.79 Å². The first-order chi connectivity index (χ1) is 11.3. The molecule has 1 aromatic carbocycles. The van der Waals surface area contributed by atoms with Crippen molar-refractivity contribution in [3.63, 3.8) is 0 Å². The van der Waals surface area contributed by atoms with Gasteiger partial charge >= 0.3 is 0 Å². The average molecular weight is 321 g/mol. The molecular formula is C16H11N5OS. The minimum atomic E-state index is -0.321. The Morgan fingerprint density at radius 2 is 2.13 bits per heavy atom. The molecule has 0 saturated heterocycles. The van der Waals surface area contributed by atoms with Crippen molar-refractivity contribution in [3.05, 3.63) is 65.3 Å². The van der Waals surface area contributed by atoms with Crippen LogP contribution in [0.4, 0.5) is 5.00 Å². The number of hydrogen-bond donors (Lipinski definition) is 1. The SMILES string of the molecule is N#Cc1ccsc1NC(=O)C=Cc1cnn(-c2ccccc2)n1. The van der Waals surface area contributed by atoms with E-state index in [0.717, 1.165) is 5.69 Å². The van der Waals surface area contributed by atoms with E-state index in [1.807, 2.05) is 36.4 Å². The molecule has 0 aliphatic heterocycles. The number of anilines is 1. The highest BCUT2D eigenvalue weighted by Gasteiger charge is 2.06. The molecule has 112 valence electrons. The van der Waals surface area contributed by atoms with E-state index in [0.29, 0.717) is 16.3 Å². The Morgan fingerprint density at radius 3 is 2.91 bits per heavy atom. The maximum Gasteiger partial charge on any atom is 0.249 e. The first-order valence-corrected chi connectivity index (χ1v) is 7.58. The number of para-hydroxylation sites is 1. The van der Waals surface area contributed by atoms with Gasteiger partial charge in [0.05, 0.1) is 17.4 Å². The minimum absolute atomic E-state index is 0.321. The summed E-state index contributed by atoms with van der Waals surface area (Å²) in [5.74, 6) is -0.321. The summed E-state index contributed by atoms with van der Waals surface area (Å²) in [6.07, 6.45) is 4.50. The molecule has 23 heavy (non-hydrogen) atoms. The molecule has 3 aromatic rings. The summed E-state index contributed by atoms with van der Waals surface area (Å²) in [6, 6.07) is 13.2. The van der Waals surface area contributed by atoms with Crippen LogP contribution in [-0.2, 0) is 4.79 Å². The molecule has 7 heteroatoms. The Bertz CT molecular complexity index is 889. The second-order valence-electron chi connectivity index (χ2n) is 4.49. The summed E-state index contributed by atoms with van der Waals surface area (Å²) in [4.78, 5) is 13.4. The van der Waals surface area contributed by atoms with Crippen molar-refractivity contribution >= 4 is 28.3 Å². The maximum absolute atomic E-state index is 11.9. The van der Waals surface area contributed by atoms with Gasteiger partial charge in [0.2, 0.25) is 5.91 Å². The molecular weight excluding hydrogens is 310 g/mol. The molecule has 2 heterocycles. The van der Waals surface area contributed by atoms with E-state index in [1.165, 1.54) is 22.2 Å². The maximum atomic E-state index is 11.9. The van der Waals surface area contributed by atoms with Gasteiger partial charge in [-0.2, -0.15) is 15.2 Å². The first kappa shape index (κ1) is 14.7. The van der Waals surface area contributed by atoms with E-state index < -0.39 is 0 Å². The first-order valence-electron chi connectivity index (χ1n) is 6.71. The van der Waals surface area contributed by atoms with Gasteiger partial charge in [-0.15, -0.1) is 16.4 Å². The molecule has 0 spiro atoms. The van der Waals surface area contributed by atoms with Crippen LogP contribution in [0.25, 0.3) is 11.8 Å². The van der Waals surface area contributed by atoms with Crippen molar-refractivity contribution in [2.24, 2.45) is 0 Å². The summed E-state index contributed by atoms with van der Waals surface area (Å²) < 4.78 is 0. The third-order valence-corrected chi connectivity index (χ3v) is 3.75. The van der Waals surface area contributed by atoms with Crippen LogP contribution in [0.3, 0.4) is 0 Å². The van der Waals surface area contributed by atoms with Crippen LogP contribution >= 0.6 is 11.3 Å². The lowest BCUT2D eigenvalue weighted by atomic mass is 10.3. The van der Waals surface area contributed by atoms with Gasteiger partial charge < -0.3 is 5.32 Å². The third kappa shape index (κ3) is 3.51. The number of hydrogen-bond acceptors (Lipinski definition) is 5. The predicted molar refractivity (Wildman–Crippen MR) is 88.1 cm³/mol. The number of aromatic nitrogens is 3. The quantitative estimate of drug-likeness (QED) is 0.749. The van der Waals surface area contributed by atoms with E-state index in [9.17, 15) is 4.79 Å². The van der Waals surface area contributed by atoms with E-state index in [4.69, 9.17) is 5.26 Å². The number of carbonyl (C=O) groups excluding carboxylic acids is 1. The van der Waals surface area contributed by atoms with Gasteiger partial charge in [-0.05, 0) is 29.7 Å². The fourth-order valence-electron chi connectivity index (χ4n) is 1.85. The smallest absolute Gasteiger partial charge is 0.249 e. The Labute approximate surface area is 136 Å². The van der Waals surface area contributed by atoms with Gasteiger partial charge in [0.25, 0.3) is 0 Å². The average Bonchev–Trinajstić information content (AvgIpc) is 3.23. The number of benzene rings is 1. The number of thiophene rings is 1. The van der Waals surface area contributed by atoms with Crippen LogP contribution in [-0.4, -0.2) is 20.9 Å². The zero-order valence-electron chi connectivity index (χ0n) is 11.9. The molecule has 0 unspecified atom stereocenters. The zero-order valence-corrected chi connectivity index (χ0v) is 12.7. The molecule has 1 N–H and O–H groups in total. The number of carbonyl (C=O) groups is 1. The molecule has 0 atom stereocenters. The standard InChI is InChI=1S/C16H11N5OS/c17-10-12-8-9-23-16(12)19-15(22)7-6-13-11-18-21(20-13)14-4-2-1-3-5-14/h1-9,11H,(H,19,22). The lowest BCUT2D eigenvalue weighted by molar-refractivity contribution is -0.111. The Kier molecular flexibility index (Phi) is 4.27. The number of nitrogens with zero attached hydrogens (tertiary/aromatic N) is 4. The molecule has 1 amide bonds. The Hall–Kier alpha value is -3.24. The fourth-order valence-corrected chi connectivity index (χ4v) is 2.59. The highest BCUT2D eigenvalue weighted by atomic mass is 32.1. The monoisotopic (exact) mass is 321 g/mol. The number of nitrogens with one attached hydrogen (secondary N) is 1. The summed E-state index contributed by atoms with van der Waals surface area (Å²) >= 11 is 1.31. The van der Waals surface area contributed by atoms with Crippen LogP contribution in [0.5, 0.6) is 0 Å². The zero-order chi connectivity index (χ0) is 16.1. The second kappa shape index (κ2) is 6.68. The summed E-state index contributed by atoms with van der Waals surface area (Å²) in [6.45, 7) is 0. The Balaban J connectivity index is 1.68. The van der Waals surface area contributed by atoms with Crippen LogP contribution in [0.1, 0.15) is 11.3 Å². The second-order valence-corrected chi connectivity index (χ2v) is 5.41. The molecule has 0 aliphatic rings. The van der Waals surface area contributed by atoms with Crippen molar-refractivity contribution in [2.45, 2.75) is 0 Å². The van der Waals surface area contributed by atoms with Gasteiger partial charge in [0.1, 0.15) is 16.8 Å². The lowest BCUT2D eigenvalue weighted by Gasteiger charge is -1.98. The highest BCUT2D eigenvalue weighted by Crippen LogP contribution is 2.21. The minimum Gasteiger partial charge on any atom is -0.313 e. The molecule has 0 radical (unpaired) electrons. The Morgan fingerprint density at radius 1 is 1.30 bits per heavy atom. The van der Waals surface area contributed by atoms with Gasteiger partial charge in [-0.1, -0.05) is 18.2 Å². The van der Waals surface area contributed by atoms with Gasteiger partial charge in [0, 0.05) is 6.08 Å². The number of amides is 1. The molecule has 0 bridgehead atoms. The summed E-state index contributed by atoms with van der Waals surface area (Å²) in [5, 5.41) is 22.3. The molecule has 0 saturated carbocycles. The highest BCUT2D eigenvalue weighted by molar-refractivity contribution is 7.14. The molecule has 2 aromatic heterocycles. The number of rotatable bonds is 4. The molecule has 0 fully saturated rings. The van der Waals surface area contributed by atoms with Crippen LogP contribution in [0.2, 0.25) is 0 Å². The third-order valence-electron chi connectivity index (χ3n) is 2.92. The van der Waals surface area contributed by atoms with E-state index >= 15 is 0 Å². The summed E-state index contributed by atoms with van der Waals surface area (Å²) in [7, 11) is 0. The van der Waals surface area contributed by atoms with Crippen molar-refractivity contribution in [1.82, 2.24) is 15.0 Å². The van der Waals surface area contributed by atoms with Crippen LogP contribution < -0.4 is 5.32 Å². The topological polar surface area (TPSA) is 83.6 Å².